The molecule has 9 nitrogen and oxygen atoms in total. The highest BCUT2D eigenvalue weighted by Crippen LogP contribution is 2.40. The van der Waals surface area contributed by atoms with Gasteiger partial charge < -0.3 is 34.4 Å². The van der Waals surface area contributed by atoms with Gasteiger partial charge in [0, 0.05) is 25.2 Å². The Morgan fingerprint density at radius 3 is 1.96 bits per heavy atom. The van der Waals surface area contributed by atoms with Crippen LogP contribution in [0.2, 0.25) is 0 Å². The fourth-order valence-electron chi connectivity index (χ4n) is 4.02. The largest absolute Gasteiger partial charge is 0.493 e. The Morgan fingerprint density at radius 1 is 0.787 bits per heavy atom. The van der Waals surface area contributed by atoms with Crippen molar-refractivity contribution in [2.75, 3.05) is 33.1 Å². The van der Waals surface area contributed by atoms with E-state index in [1.165, 1.54) is 38.5 Å². The van der Waals surface area contributed by atoms with Gasteiger partial charge in [0.25, 0.3) is 5.91 Å². The molecule has 0 radical (unpaired) electrons. The van der Waals surface area contributed by atoms with E-state index in [-0.39, 0.29) is 18.1 Å². The van der Waals surface area contributed by atoms with E-state index >= 15 is 0 Å². The molecule has 0 aliphatic heterocycles. The van der Waals surface area contributed by atoms with Crippen molar-refractivity contribution in [2.24, 2.45) is 0 Å². The van der Waals surface area contributed by atoms with Crippen LogP contribution in [-0.4, -0.2) is 53.3 Å². The van der Waals surface area contributed by atoms with Gasteiger partial charge in [-0.3, -0.25) is 9.59 Å². The highest BCUT2D eigenvalue weighted by atomic mass is 19.1. The molecule has 12 heteroatoms. The maximum Gasteiger partial charge on any atom is 0.310 e. The van der Waals surface area contributed by atoms with Gasteiger partial charge in [-0.25, -0.2) is 13.2 Å². The van der Waals surface area contributed by atoms with Crippen molar-refractivity contribution in [3.8, 4) is 28.4 Å². The second-order valence-electron chi connectivity index (χ2n) is 9.24. The molecular weight excluding hydrogens is 617 g/mol. The topological polar surface area (TPSA) is 120 Å². The zero-order chi connectivity index (χ0) is 35.5. The van der Waals surface area contributed by atoms with Crippen LogP contribution in [0.1, 0.15) is 28.4 Å². The van der Waals surface area contributed by atoms with Gasteiger partial charge in [-0.2, -0.15) is 0 Å². The zero-order valence-electron chi connectivity index (χ0n) is 26.7. The van der Waals surface area contributed by atoms with E-state index in [0.717, 1.165) is 6.07 Å². The number of benzene rings is 4. The molecule has 0 bridgehead atoms. The van der Waals surface area contributed by atoms with E-state index in [1.54, 1.807) is 56.4 Å². The molecule has 4 aromatic rings. The molecule has 0 aliphatic carbocycles. The second kappa shape index (κ2) is 20.4. The highest BCUT2D eigenvalue weighted by Gasteiger charge is 2.18. The molecule has 0 spiro atoms. The van der Waals surface area contributed by atoms with Crippen molar-refractivity contribution in [1.82, 2.24) is 5.32 Å². The molecule has 4 aromatic carbocycles. The molecule has 2 N–H and O–H groups in total. The summed E-state index contributed by atoms with van der Waals surface area (Å²) in [5.74, 6) is -0.731. The fourth-order valence-corrected chi connectivity index (χ4v) is 4.02. The van der Waals surface area contributed by atoms with Gasteiger partial charge in [0.2, 0.25) is 0 Å². The predicted octanol–water partition coefficient (Wildman–Crippen LogP) is 6.70. The van der Waals surface area contributed by atoms with Crippen LogP contribution >= 0.6 is 0 Å². The average molecular weight is 655 g/mol. The van der Waals surface area contributed by atoms with Crippen LogP contribution in [-0.2, 0) is 25.5 Å². The van der Waals surface area contributed by atoms with Gasteiger partial charge in [0.1, 0.15) is 31.0 Å². The number of carbonyl (C=O) groups excluding carboxylic acids is 4. The van der Waals surface area contributed by atoms with Gasteiger partial charge in [0.05, 0.1) is 26.3 Å². The van der Waals surface area contributed by atoms with E-state index in [4.69, 9.17) is 23.8 Å². The number of anilines is 1. The van der Waals surface area contributed by atoms with Crippen LogP contribution in [0.3, 0.4) is 0 Å². The third-order valence-electron chi connectivity index (χ3n) is 6.31. The first kappa shape index (κ1) is 39.4. The number of esters is 1. The van der Waals surface area contributed by atoms with Gasteiger partial charge in [-0.05, 0) is 84.6 Å². The smallest absolute Gasteiger partial charge is 0.310 e. The first-order valence-corrected chi connectivity index (χ1v) is 13.9. The Labute approximate surface area is 271 Å². The number of methoxy groups -OCH3 is 2. The lowest BCUT2D eigenvalue weighted by Gasteiger charge is -2.18. The molecule has 4 rings (SSSR count). The molecule has 0 aromatic heterocycles. The van der Waals surface area contributed by atoms with E-state index in [1.807, 2.05) is 20.5 Å². The molecule has 0 heterocycles. The molecular formula is C35H37F3N2O7. The molecule has 0 fully saturated rings. The Bertz CT molecular complexity index is 1610. The highest BCUT2D eigenvalue weighted by molar-refractivity contribution is 5.95. The number of ether oxygens (including phenoxy) is 3. The molecule has 1 amide bonds. The standard InChI is InChI=1S/C26H27FN2O5.C7H6F2.2CH2O/c1-5-29-26(31)17-8-11-22(21(12-17)28-2)34-24-15-20(16-6-9-19(27)10-7-16)18(13-23(24)32-3)14-25(30)33-4;1-5-2-3-6(8)4-7(5)9;2*1-2/h6-13,15,28H,5,14H2,1-4H3,(H,29,31);2-4H,1H3;2*1H2. The monoisotopic (exact) mass is 654 g/mol. The van der Waals surface area contributed by atoms with E-state index in [9.17, 15) is 22.8 Å². The van der Waals surface area contributed by atoms with E-state index < -0.39 is 17.6 Å². The summed E-state index contributed by atoms with van der Waals surface area (Å²) in [5, 5.41) is 5.80. The average Bonchev–Trinajstić information content (AvgIpc) is 3.09. The number of rotatable bonds is 9. The lowest BCUT2D eigenvalue weighted by molar-refractivity contribution is -0.139. The summed E-state index contributed by atoms with van der Waals surface area (Å²) in [5.41, 5.74) is 3.58. The Kier molecular flexibility index (Phi) is 17.1. The third kappa shape index (κ3) is 11.7. The number of halogens is 3. The zero-order valence-corrected chi connectivity index (χ0v) is 26.7. The Morgan fingerprint density at radius 2 is 1.43 bits per heavy atom. The first-order chi connectivity index (χ1) is 22.6. The number of hydrogen-bond donors (Lipinski definition) is 2. The minimum atomic E-state index is -0.530. The van der Waals surface area contributed by atoms with Crippen LogP contribution < -0.4 is 20.1 Å². The normalized spacial score (nSPS) is 9.53. The molecule has 0 unspecified atom stereocenters. The number of hydrogen-bond acceptors (Lipinski definition) is 8. The molecule has 0 atom stereocenters. The Hall–Kier alpha value is -5.65. The number of aryl methyl sites for hydroxylation is 1. The summed E-state index contributed by atoms with van der Waals surface area (Å²) < 4.78 is 54.5. The molecule has 0 saturated heterocycles. The molecule has 250 valence electrons. The van der Waals surface area contributed by atoms with E-state index in [0.29, 0.717) is 57.3 Å². The number of nitrogens with one attached hydrogen (secondary N) is 2. The van der Waals surface area contributed by atoms with Crippen molar-refractivity contribution < 1.29 is 46.6 Å². The molecule has 0 aliphatic rings. The van der Waals surface area contributed by atoms with Crippen LogP contribution in [0.5, 0.6) is 17.2 Å². The fraction of sp³-hybridized carbons (Fsp3) is 0.200. The summed E-state index contributed by atoms with van der Waals surface area (Å²) in [4.78, 5) is 40.2. The first-order valence-electron chi connectivity index (χ1n) is 13.9. The van der Waals surface area contributed by atoms with Crippen molar-refractivity contribution in [1.29, 1.82) is 0 Å². The van der Waals surface area contributed by atoms with Gasteiger partial charge in [-0.1, -0.05) is 18.2 Å². The predicted molar refractivity (Wildman–Crippen MR) is 174 cm³/mol. The maximum atomic E-state index is 13.5. The van der Waals surface area contributed by atoms with E-state index in [2.05, 4.69) is 10.6 Å². The Balaban J connectivity index is 0.000000717. The van der Waals surface area contributed by atoms with Crippen LogP contribution in [0.15, 0.2) is 72.8 Å². The van der Waals surface area contributed by atoms with Crippen molar-refractivity contribution >= 4 is 31.1 Å². The SMILES string of the molecule is C=O.C=O.CCNC(=O)c1ccc(Oc2cc(-c3ccc(F)cc3)c(CC(=O)OC)cc2OC)c(NC)c1.Cc1ccc(F)cc1F. The van der Waals surface area contributed by atoms with Gasteiger partial charge in [0.15, 0.2) is 17.2 Å². The molecule has 47 heavy (non-hydrogen) atoms. The second-order valence-corrected chi connectivity index (χ2v) is 9.24. The lowest BCUT2D eigenvalue weighted by atomic mass is 9.96. The lowest BCUT2D eigenvalue weighted by Crippen LogP contribution is -2.22. The van der Waals surface area contributed by atoms with Crippen molar-refractivity contribution in [2.45, 2.75) is 20.3 Å². The summed E-state index contributed by atoms with van der Waals surface area (Å²) in [6.07, 6.45) is 0.00283. The summed E-state index contributed by atoms with van der Waals surface area (Å²) in [7, 11) is 4.54. The van der Waals surface area contributed by atoms with Gasteiger partial charge >= 0.3 is 5.97 Å². The maximum absolute atomic E-state index is 13.5. The third-order valence-corrected chi connectivity index (χ3v) is 6.31. The van der Waals surface area contributed by atoms with Crippen LogP contribution in [0, 0.1) is 24.4 Å². The summed E-state index contributed by atoms with van der Waals surface area (Å²) in [6.45, 7) is 7.96. The molecule has 0 saturated carbocycles. The number of carbonyl (C=O) groups is 4. The van der Waals surface area contributed by atoms with Gasteiger partial charge in [-0.15, -0.1) is 0 Å². The quantitative estimate of drug-likeness (QED) is 0.191. The minimum absolute atomic E-state index is 0.00283. The summed E-state index contributed by atoms with van der Waals surface area (Å²) in [6, 6.07) is 18.0. The van der Waals surface area contributed by atoms with Crippen LogP contribution in [0.4, 0.5) is 18.9 Å². The number of amides is 1. The van der Waals surface area contributed by atoms with Crippen LogP contribution in [0.25, 0.3) is 11.1 Å². The van der Waals surface area contributed by atoms with Crippen molar-refractivity contribution in [3.63, 3.8) is 0 Å². The minimum Gasteiger partial charge on any atom is -0.493 e. The van der Waals surface area contributed by atoms with Crippen molar-refractivity contribution in [3.05, 3.63) is 107 Å². The summed E-state index contributed by atoms with van der Waals surface area (Å²) >= 11 is 0.